The van der Waals surface area contributed by atoms with Gasteiger partial charge in [-0.1, -0.05) is 42.5 Å². The maximum Gasteiger partial charge on any atom is 0.193 e. The van der Waals surface area contributed by atoms with Crippen LogP contribution in [0.5, 0.6) is 0 Å². The molecule has 0 saturated carbocycles. The number of halogens is 1. The number of rotatable bonds is 6. The van der Waals surface area contributed by atoms with Crippen molar-refractivity contribution >= 4 is 40.7 Å². The number of aliphatic imine (C=N–C) groups is 1. The Labute approximate surface area is 174 Å². The molecule has 0 spiro atoms. The van der Waals surface area contributed by atoms with Gasteiger partial charge in [-0.05, 0) is 36.1 Å². The molecule has 1 fully saturated rings. The first-order chi connectivity index (χ1) is 12.3. The standard InChI is InChI=1S/C21H29N3O.HI/c1-3-22-21(24-13-11-18(15-24)16-25-2)23-12-10-17-8-9-19-6-4-5-7-20(19)14-17;/h4-9,14,18H,3,10-13,15-16H2,1-2H3,(H,22,23);1H. The third kappa shape index (κ3) is 5.58. The van der Waals surface area contributed by atoms with E-state index < -0.39 is 0 Å². The number of hydrogen-bond acceptors (Lipinski definition) is 2. The monoisotopic (exact) mass is 467 g/mol. The number of likely N-dealkylation sites (tertiary alicyclic amines) is 1. The second-order valence-electron chi connectivity index (χ2n) is 6.72. The number of fused-ring (bicyclic) bond motifs is 1. The van der Waals surface area contributed by atoms with Crippen molar-refractivity contribution in [1.29, 1.82) is 0 Å². The normalized spacial score (nSPS) is 17.4. The highest BCUT2D eigenvalue weighted by Gasteiger charge is 2.24. The van der Waals surface area contributed by atoms with E-state index in [1.165, 1.54) is 22.8 Å². The van der Waals surface area contributed by atoms with Crippen LogP contribution in [0.4, 0.5) is 0 Å². The van der Waals surface area contributed by atoms with Crippen LogP contribution in [0.1, 0.15) is 18.9 Å². The van der Waals surface area contributed by atoms with E-state index in [4.69, 9.17) is 9.73 Å². The fourth-order valence-corrected chi connectivity index (χ4v) is 3.51. The molecule has 1 heterocycles. The number of hydrogen-bond donors (Lipinski definition) is 1. The Morgan fingerprint density at radius 2 is 2.04 bits per heavy atom. The van der Waals surface area contributed by atoms with Crippen LogP contribution in [0.2, 0.25) is 0 Å². The second-order valence-corrected chi connectivity index (χ2v) is 6.72. The SMILES string of the molecule is CCNC(=NCCc1ccc2ccccc2c1)N1CCC(COC)C1.I. The van der Waals surface area contributed by atoms with Crippen LogP contribution in [0.25, 0.3) is 10.8 Å². The minimum Gasteiger partial charge on any atom is -0.384 e. The Bertz CT molecular complexity index is 719. The summed E-state index contributed by atoms with van der Waals surface area (Å²) < 4.78 is 5.30. The van der Waals surface area contributed by atoms with Gasteiger partial charge in [0.1, 0.15) is 0 Å². The van der Waals surface area contributed by atoms with Gasteiger partial charge in [-0.15, -0.1) is 24.0 Å². The Hall–Kier alpha value is -1.34. The highest BCUT2D eigenvalue weighted by molar-refractivity contribution is 14.0. The average Bonchev–Trinajstić information content (AvgIpc) is 3.10. The third-order valence-corrected chi connectivity index (χ3v) is 4.80. The van der Waals surface area contributed by atoms with E-state index in [9.17, 15) is 0 Å². The lowest BCUT2D eigenvalue weighted by molar-refractivity contribution is 0.157. The lowest BCUT2D eigenvalue weighted by Gasteiger charge is -2.21. The summed E-state index contributed by atoms with van der Waals surface area (Å²) in [4.78, 5) is 7.22. The summed E-state index contributed by atoms with van der Waals surface area (Å²) in [5.74, 6) is 1.66. The summed E-state index contributed by atoms with van der Waals surface area (Å²) in [6.45, 7) is 6.78. The minimum atomic E-state index is 0. The van der Waals surface area contributed by atoms with Gasteiger partial charge in [-0.2, -0.15) is 0 Å². The number of ether oxygens (including phenoxy) is 1. The van der Waals surface area contributed by atoms with Crippen LogP contribution in [-0.2, 0) is 11.2 Å². The number of nitrogens with one attached hydrogen (secondary N) is 1. The predicted octanol–water partition coefficient (Wildman–Crippen LogP) is 3.93. The molecule has 0 aliphatic carbocycles. The summed E-state index contributed by atoms with van der Waals surface area (Å²) in [5, 5.41) is 6.04. The van der Waals surface area contributed by atoms with Gasteiger partial charge in [0.05, 0.1) is 6.61 Å². The van der Waals surface area contributed by atoms with Crippen LogP contribution in [0, 0.1) is 5.92 Å². The summed E-state index contributed by atoms with van der Waals surface area (Å²) >= 11 is 0. The first-order valence-corrected chi connectivity index (χ1v) is 9.30. The van der Waals surface area contributed by atoms with Gasteiger partial charge in [-0.25, -0.2) is 0 Å². The van der Waals surface area contributed by atoms with Crippen molar-refractivity contribution in [3.63, 3.8) is 0 Å². The number of guanidine groups is 1. The second kappa shape index (κ2) is 10.7. The fourth-order valence-electron chi connectivity index (χ4n) is 3.51. The molecule has 1 unspecified atom stereocenters. The van der Waals surface area contributed by atoms with Crippen molar-refractivity contribution in [2.24, 2.45) is 10.9 Å². The molecule has 1 saturated heterocycles. The van der Waals surface area contributed by atoms with Crippen LogP contribution in [-0.4, -0.2) is 50.8 Å². The topological polar surface area (TPSA) is 36.9 Å². The van der Waals surface area contributed by atoms with Gasteiger partial charge < -0.3 is 15.0 Å². The molecular weight excluding hydrogens is 437 g/mol. The largest absolute Gasteiger partial charge is 0.384 e. The molecule has 26 heavy (non-hydrogen) atoms. The average molecular weight is 467 g/mol. The van der Waals surface area contributed by atoms with Gasteiger partial charge in [0.15, 0.2) is 5.96 Å². The molecule has 3 rings (SSSR count). The predicted molar refractivity (Wildman–Crippen MR) is 121 cm³/mol. The van der Waals surface area contributed by atoms with Crippen molar-refractivity contribution in [3.05, 3.63) is 48.0 Å². The first-order valence-electron chi connectivity index (χ1n) is 9.30. The zero-order chi connectivity index (χ0) is 17.5. The molecule has 1 N–H and O–H groups in total. The van der Waals surface area contributed by atoms with Crippen LogP contribution in [0.3, 0.4) is 0 Å². The maximum absolute atomic E-state index is 5.30. The lowest BCUT2D eigenvalue weighted by Crippen LogP contribution is -2.40. The van der Waals surface area contributed by atoms with E-state index in [1.54, 1.807) is 7.11 Å². The van der Waals surface area contributed by atoms with Crippen molar-refractivity contribution in [1.82, 2.24) is 10.2 Å². The summed E-state index contributed by atoms with van der Waals surface area (Å²) in [6, 6.07) is 15.2. The molecule has 0 radical (unpaired) electrons. The molecule has 1 atom stereocenters. The highest BCUT2D eigenvalue weighted by atomic mass is 127. The molecule has 2 aromatic carbocycles. The molecule has 1 aliphatic rings. The van der Waals surface area contributed by atoms with E-state index >= 15 is 0 Å². The maximum atomic E-state index is 5.30. The summed E-state index contributed by atoms with van der Waals surface area (Å²) in [7, 11) is 1.78. The third-order valence-electron chi connectivity index (χ3n) is 4.80. The van der Waals surface area contributed by atoms with Crippen molar-refractivity contribution in [2.45, 2.75) is 19.8 Å². The number of nitrogens with zero attached hydrogens (tertiary/aromatic N) is 2. The van der Waals surface area contributed by atoms with Gasteiger partial charge in [0.25, 0.3) is 0 Å². The molecule has 5 heteroatoms. The van der Waals surface area contributed by atoms with Crippen LogP contribution < -0.4 is 5.32 Å². The van der Waals surface area contributed by atoms with Gasteiger partial charge in [0, 0.05) is 39.2 Å². The van der Waals surface area contributed by atoms with E-state index in [0.717, 1.165) is 45.2 Å². The molecular formula is C21H30IN3O. The van der Waals surface area contributed by atoms with E-state index in [0.29, 0.717) is 5.92 Å². The molecule has 0 bridgehead atoms. The van der Waals surface area contributed by atoms with Crippen molar-refractivity contribution < 1.29 is 4.74 Å². The summed E-state index contributed by atoms with van der Waals surface area (Å²) in [5.41, 5.74) is 1.34. The quantitative estimate of drug-likeness (QED) is 0.398. The Balaban J connectivity index is 0.00000243. The Kier molecular flexibility index (Phi) is 8.65. The number of methoxy groups -OCH3 is 1. The zero-order valence-electron chi connectivity index (χ0n) is 15.8. The summed E-state index contributed by atoms with van der Waals surface area (Å²) in [6.07, 6.45) is 2.15. The minimum absolute atomic E-state index is 0. The van der Waals surface area contributed by atoms with E-state index in [-0.39, 0.29) is 24.0 Å². The van der Waals surface area contributed by atoms with E-state index in [1.807, 2.05) is 0 Å². The Morgan fingerprint density at radius 3 is 2.81 bits per heavy atom. The number of benzene rings is 2. The molecule has 0 amide bonds. The zero-order valence-corrected chi connectivity index (χ0v) is 18.1. The molecule has 4 nitrogen and oxygen atoms in total. The van der Waals surface area contributed by atoms with Crippen LogP contribution >= 0.6 is 24.0 Å². The van der Waals surface area contributed by atoms with E-state index in [2.05, 4.69) is 59.6 Å². The highest BCUT2D eigenvalue weighted by Crippen LogP contribution is 2.17. The Morgan fingerprint density at radius 1 is 1.23 bits per heavy atom. The van der Waals surface area contributed by atoms with Crippen molar-refractivity contribution in [3.8, 4) is 0 Å². The smallest absolute Gasteiger partial charge is 0.193 e. The molecule has 2 aromatic rings. The fraction of sp³-hybridized carbons (Fsp3) is 0.476. The van der Waals surface area contributed by atoms with Crippen LogP contribution in [0.15, 0.2) is 47.5 Å². The van der Waals surface area contributed by atoms with Gasteiger partial charge in [0.2, 0.25) is 0 Å². The molecule has 0 aromatic heterocycles. The molecule has 1 aliphatic heterocycles. The first kappa shape index (κ1) is 21.0. The van der Waals surface area contributed by atoms with Gasteiger partial charge in [-0.3, -0.25) is 4.99 Å². The van der Waals surface area contributed by atoms with Crippen molar-refractivity contribution in [2.75, 3.05) is 39.9 Å². The van der Waals surface area contributed by atoms with Gasteiger partial charge >= 0.3 is 0 Å². The molecule has 142 valence electrons. The lowest BCUT2D eigenvalue weighted by atomic mass is 10.1.